The van der Waals surface area contributed by atoms with Gasteiger partial charge in [0.1, 0.15) is 0 Å². The van der Waals surface area contributed by atoms with Gasteiger partial charge in [-0.05, 0) is 42.9 Å². The Labute approximate surface area is 342 Å². The minimum atomic E-state index is -5.46. The van der Waals surface area contributed by atoms with E-state index in [9.17, 15) is 28.7 Å². The van der Waals surface area contributed by atoms with Gasteiger partial charge in [-0.1, -0.05) is 69.3 Å². The third-order valence-electron chi connectivity index (χ3n) is 4.00. The number of hydrogen-bond donors (Lipinski definition) is 0. The first-order valence-corrected chi connectivity index (χ1v) is 11.0. The first-order chi connectivity index (χ1) is 11.6. The SMILES string of the molecule is Cc1ccc(-c2ccc(CCCC(P(=O)([O-])[O-])P(=O)([O-])[O-])cc2)cc1.[K+].[K+].[K+].[K+]. The van der Waals surface area contributed by atoms with Gasteiger partial charge in [0.05, 0.1) is 0 Å². The molecule has 0 aliphatic carbocycles. The fourth-order valence-electron chi connectivity index (χ4n) is 2.59. The molecule has 0 heterocycles. The third kappa shape index (κ3) is 14.6. The number of hydrogen-bond acceptors (Lipinski definition) is 6. The normalized spacial score (nSPS) is 10.8. The van der Waals surface area contributed by atoms with Crippen LogP contribution in [0.4, 0.5) is 0 Å². The Bertz CT molecular complexity index is 784. The number of benzene rings is 2. The Morgan fingerprint density at radius 1 is 0.724 bits per heavy atom. The molecule has 2 aromatic carbocycles. The van der Waals surface area contributed by atoms with Gasteiger partial charge < -0.3 is 28.7 Å². The second-order valence-corrected chi connectivity index (χ2v) is 9.83. The molecule has 12 heteroatoms. The van der Waals surface area contributed by atoms with Crippen molar-refractivity contribution in [2.24, 2.45) is 0 Å². The van der Waals surface area contributed by atoms with E-state index >= 15 is 0 Å². The van der Waals surface area contributed by atoms with Crippen molar-refractivity contribution < 1.29 is 234 Å². The topological polar surface area (TPSA) is 126 Å². The average molecular weight is 537 g/mol. The van der Waals surface area contributed by atoms with Crippen molar-refractivity contribution in [3.05, 3.63) is 59.7 Å². The van der Waals surface area contributed by atoms with Crippen LogP contribution in [0.3, 0.4) is 0 Å². The maximum Gasteiger partial charge on any atom is 1.00 e. The van der Waals surface area contributed by atoms with E-state index in [4.69, 9.17) is 0 Å². The van der Waals surface area contributed by atoms with Gasteiger partial charge in [-0.25, -0.2) is 0 Å². The predicted molar refractivity (Wildman–Crippen MR) is 88.6 cm³/mol. The Kier molecular flexibility index (Phi) is 24.8. The molecular formula is C17H18K4O6P2. The molecule has 0 atom stereocenters. The molecule has 2 rings (SSSR count). The summed E-state index contributed by atoms with van der Waals surface area (Å²) in [5.41, 5.74) is 4.12. The molecule has 136 valence electrons. The standard InChI is InChI=1S/C17H22O6P2.4K/c1-13-5-9-15(10-6-13)16-11-7-14(8-12-16)3-2-4-17(24(18,19)20)25(21,22)23;;;;/h5-12,17H,2-4H2,1H3,(H2,18,19,20)(H2,21,22,23);;;;/q;4*+1/p-4. The fourth-order valence-corrected chi connectivity index (χ4v) is 4.97. The minimum Gasteiger partial charge on any atom is -0.810 e. The Morgan fingerprint density at radius 2 is 1.10 bits per heavy atom. The first-order valence-electron chi connectivity index (χ1n) is 7.77. The van der Waals surface area contributed by atoms with Crippen molar-refractivity contribution in [1.82, 2.24) is 0 Å². The zero-order valence-corrected chi connectivity index (χ0v) is 31.9. The number of rotatable bonds is 7. The molecule has 0 aromatic heterocycles. The van der Waals surface area contributed by atoms with Gasteiger partial charge in [0.15, 0.2) is 0 Å². The molecule has 0 aliphatic rings. The van der Waals surface area contributed by atoms with E-state index in [0.29, 0.717) is 6.42 Å². The Morgan fingerprint density at radius 3 is 1.48 bits per heavy atom. The van der Waals surface area contributed by atoms with Crippen LogP contribution in [0.15, 0.2) is 48.5 Å². The molecule has 29 heavy (non-hydrogen) atoms. The van der Waals surface area contributed by atoms with Gasteiger partial charge in [0, 0.05) is 5.40 Å². The molecule has 0 bridgehead atoms. The van der Waals surface area contributed by atoms with E-state index in [-0.39, 0.29) is 212 Å². The second kappa shape index (κ2) is 18.5. The molecule has 2 aromatic rings. The van der Waals surface area contributed by atoms with Crippen molar-refractivity contribution >= 4 is 15.2 Å². The summed E-state index contributed by atoms with van der Waals surface area (Å²) < 4.78 is 21.9. The van der Waals surface area contributed by atoms with E-state index in [1.54, 1.807) is 0 Å². The summed E-state index contributed by atoms with van der Waals surface area (Å²) in [6.07, 6.45) is 0.0242. The molecule has 0 unspecified atom stereocenters. The zero-order chi connectivity index (χ0) is 18.7. The molecule has 0 aliphatic heterocycles. The molecular weight excluding hydrogens is 519 g/mol. The molecule has 0 saturated heterocycles. The van der Waals surface area contributed by atoms with Gasteiger partial charge in [-0.2, -0.15) is 0 Å². The molecule has 0 saturated carbocycles. The maximum absolute atomic E-state index is 10.9. The van der Waals surface area contributed by atoms with E-state index in [1.807, 2.05) is 55.5 Å². The van der Waals surface area contributed by atoms with Crippen LogP contribution in [0.2, 0.25) is 0 Å². The van der Waals surface area contributed by atoms with Crippen LogP contribution in [0, 0.1) is 6.92 Å². The van der Waals surface area contributed by atoms with Gasteiger partial charge >= 0.3 is 206 Å². The Hall–Kier alpha value is 5.29. The zero-order valence-electron chi connectivity index (χ0n) is 17.7. The molecule has 0 radical (unpaired) electrons. The van der Waals surface area contributed by atoms with Crippen LogP contribution < -0.4 is 225 Å². The summed E-state index contributed by atoms with van der Waals surface area (Å²) in [4.78, 5) is 43.8. The molecule has 6 nitrogen and oxygen atoms in total. The van der Waals surface area contributed by atoms with Gasteiger partial charge in [0.2, 0.25) is 0 Å². The summed E-state index contributed by atoms with van der Waals surface area (Å²) in [5, 5.41) is -2.37. The summed E-state index contributed by atoms with van der Waals surface area (Å²) in [6, 6.07) is 15.6. The summed E-state index contributed by atoms with van der Waals surface area (Å²) >= 11 is 0. The van der Waals surface area contributed by atoms with Gasteiger partial charge in [0.25, 0.3) is 0 Å². The van der Waals surface area contributed by atoms with Crippen molar-refractivity contribution in [3.63, 3.8) is 0 Å². The molecule has 0 N–H and O–H groups in total. The van der Waals surface area contributed by atoms with Crippen LogP contribution in [0.5, 0.6) is 0 Å². The van der Waals surface area contributed by atoms with E-state index < -0.39 is 27.0 Å². The van der Waals surface area contributed by atoms with Crippen LogP contribution in [-0.4, -0.2) is 5.40 Å². The summed E-state index contributed by atoms with van der Waals surface area (Å²) in [6.45, 7) is 2.01. The van der Waals surface area contributed by atoms with Crippen LogP contribution in [-0.2, 0) is 15.6 Å². The number of aryl methyl sites for hydroxylation is 2. The molecule has 0 fully saturated rings. The molecule has 0 spiro atoms. The van der Waals surface area contributed by atoms with Crippen LogP contribution in [0.25, 0.3) is 11.1 Å². The summed E-state index contributed by atoms with van der Waals surface area (Å²) in [5.74, 6) is 0. The van der Waals surface area contributed by atoms with Crippen molar-refractivity contribution in [2.75, 3.05) is 0 Å². The van der Waals surface area contributed by atoms with Crippen molar-refractivity contribution in [3.8, 4) is 11.1 Å². The summed E-state index contributed by atoms with van der Waals surface area (Å²) in [7, 11) is -10.9. The Balaban J connectivity index is -0.00000169. The van der Waals surface area contributed by atoms with Gasteiger partial charge in [-0.15, -0.1) is 0 Å². The van der Waals surface area contributed by atoms with E-state index in [2.05, 4.69) is 0 Å². The largest absolute Gasteiger partial charge is 1.00 e. The molecule has 0 amide bonds. The second-order valence-electron chi connectivity index (χ2n) is 6.02. The van der Waals surface area contributed by atoms with E-state index in [1.165, 1.54) is 0 Å². The van der Waals surface area contributed by atoms with Crippen LogP contribution >= 0.6 is 15.2 Å². The van der Waals surface area contributed by atoms with Crippen molar-refractivity contribution in [2.45, 2.75) is 31.6 Å². The first kappa shape index (κ1) is 38.8. The predicted octanol–water partition coefficient (Wildman–Crippen LogP) is -10.8. The fraction of sp³-hybridized carbons (Fsp3) is 0.294. The third-order valence-corrected chi connectivity index (χ3v) is 7.67. The average Bonchev–Trinajstić information content (AvgIpc) is 2.50. The monoisotopic (exact) mass is 536 g/mol. The quantitative estimate of drug-likeness (QED) is 0.256. The van der Waals surface area contributed by atoms with E-state index in [0.717, 1.165) is 22.3 Å². The minimum absolute atomic E-state index is 0. The van der Waals surface area contributed by atoms with Gasteiger partial charge in [-0.3, -0.25) is 0 Å². The smallest absolute Gasteiger partial charge is 0.810 e. The van der Waals surface area contributed by atoms with Crippen molar-refractivity contribution in [1.29, 1.82) is 0 Å². The maximum atomic E-state index is 10.9. The van der Waals surface area contributed by atoms with Crippen LogP contribution in [0.1, 0.15) is 24.0 Å².